The Morgan fingerprint density at radius 1 is 1.15 bits per heavy atom. The molecule has 4 N–H and O–H groups in total. The number of carboxylic acids is 1. The predicted molar refractivity (Wildman–Crippen MR) is 71.2 cm³/mol. The highest BCUT2D eigenvalue weighted by Crippen LogP contribution is 2.08. The molecule has 1 amide bonds. The Kier molecular flexibility index (Phi) is 4.17. The molecule has 1 aromatic heterocycles. The van der Waals surface area contributed by atoms with E-state index in [1.165, 1.54) is 12.1 Å². The van der Waals surface area contributed by atoms with Crippen LogP contribution in [-0.2, 0) is 13.1 Å². The number of carbonyl (C=O) groups is 2. The monoisotopic (exact) mass is 274 g/mol. The van der Waals surface area contributed by atoms with Crippen LogP contribution < -0.4 is 11.1 Å². The van der Waals surface area contributed by atoms with Crippen LogP contribution in [0.15, 0.2) is 40.8 Å². The zero-order valence-corrected chi connectivity index (χ0v) is 10.6. The van der Waals surface area contributed by atoms with E-state index >= 15 is 0 Å². The van der Waals surface area contributed by atoms with Gasteiger partial charge in [-0.05, 0) is 29.8 Å². The lowest BCUT2D eigenvalue weighted by Gasteiger charge is -2.04. The number of benzene rings is 1. The summed E-state index contributed by atoms with van der Waals surface area (Å²) in [5.41, 5.74) is 6.93. The lowest BCUT2D eigenvalue weighted by molar-refractivity contribution is 0.0660. The Labute approximate surface area is 115 Å². The van der Waals surface area contributed by atoms with E-state index < -0.39 is 5.97 Å². The van der Waals surface area contributed by atoms with Crippen LogP contribution in [0, 0.1) is 0 Å². The summed E-state index contributed by atoms with van der Waals surface area (Å²) in [6.07, 6.45) is 0. The second-order valence-corrected chi connectivity index (χ2v) is 4.15. The molecule has 0 spiro atoms. The van der Waals surface area contributed by atoms with Crippen molar-refractivity contribution in [3.8, 4) is 0 Å². The molecule has 2 rings (SSSR count). The molecule has 104 valence electrons. The normalized spacial score (nSPS) is 10.2. The number of nitrogens with one attached hydrogen (secondary N) is 1. The highest BCUT2D eigenvalue weighted by Gasteiger charge is 2.10. The van der Waals surface area contributed by atoms with Gasteiger partial charge in [-0.1, -0.05) is 12.1 Å². The van der Waals surface area contributed by atoms with Crippen LogP contribution in [0.1, 0.15) is 32.2 Å². The van der Waals surface area contributed by atoms with Gasteiger partial charge in [0.1, 0.15) is 5.76 Å². The average molecular weight is 274 g/mol. The number of rotatable bonds is 5. The van der Waals surface area contributed by atoms with Crippen LogP contribution in [0.3, 0.4) is 0 Å². The minimum atomic E-state index is -1.14. The van der Waals surface area contributed by atoms with E-state index in [9.17, 15) is 9.59 Å². The minimum Gasteiger partial charge on any atom is -0.475 e. The number of hydrogen-bond donors (Lipinski definition) is 3. The SMILES string of the molecule is NCc1ccc(C(=O)NCc2ccc(C(=O)O)o2)cc1. The molecule has 1 aromatic carbocycles. The maximum absolute atomic E-state index is 11.9. The number of carbonyl (C=O) groups excluding carboxylic acids is 1. The highest BCUT2D eigenvalue weighted by atomic mass is 16.4. The first-order valence-corrected chi connectivity index (χ1v) is 5.99. The Hall–Kier alpha value is -2.60. The number of furan rings is 1. The van der Waals surface area contributed by atoms with Crippen LogP contribution in [0.5, 0.6) is 0 Å². The van der Waals surface area contributed by atoms with Gasteiger partial charge in [0.25, 0.3) is 5.91 Å². The van der Waals surface area contributed by atoms with Gasteiger partial charge in [-0.15, -0.1) is 0 Å². The standard InChI is InChI=1S/C14H14N2O4/c15-7-9-1-3-10(4-2-9)13(17)16-8-11-5-6-12(20-11)14(18)19/h1-6H,7-8,15H2,(H,16,17)(H,18,19). The van der Waals surface area contributed by atoms with Gasteiger partial charge in [-0.2, -0.15) is 0 Å². The molecule has 0 aliphatic carbocycles. The number of nitrogens with two attached hydrogens (primary N) is 1. The van der Waals surface area contributed by atoms with Crippen molar-refractivity contribution in [1.29, 1.82) is 0 Å². The summed E-state index contributed by atoms with van der Waals surface area (Å²) in [6.45, 7) is 0.553. The zero-order valence-electron chi connectivity index (χ0n) is 10.6. The third-order valence-electron chi connectivity index (χ3n) is 2.75. The van der Waals surface area contributed by atoms with Gasteiger partial charge in [-0.3, -0.25) is 4.79 Å². The first kappa shape index (κ1) is 13.8. The number of amides is 1. The van der Waals surface area contributed by atoms with E-state index in [1.807, 2.05) is 0 Å². The van der Waals surface area contributed by atoms with Crippen molar-refractivity contribution in [2.75, 3.05) is 0 Å². The fourth-order valence-corrected chi connectivity index (χ4v) is 1.65. The van der Waals surface area contributed by atoms with E-state index in [0.29, 0.717) is 17.9 Å². The topological polar surface area (TPSA) is 106 Å². The second kappa shape index (κ2) is 6.03. The summed E-state index contributed by atoms with van der Waals surface area (Å²) in [7, 11) is 0. The Bertz CT molecular complexity index is 616. The van der Waals surface area contributed by atoms with E-state index in [1.54, 1.807) is 24.3 Å². The van der Waals surface area contributed by atoms with Crippen molar-refractivity contribution < 1.29 is 19.1 Å². The van der Waals surface area contributed by atoms with Crippen LogP contribution in [0.25, 0.3) is 0 Å². The second-order valence-electron chi connectivity index (χ2n) is 4.15. The Balaban J connectivity index is 1.95. The molecule has 0 saturated heterocycles. The Morgan fingerprint density at radius 2 is 1.85 bits per heavy atom. The first-order valence-electron chi connectivity index (χ1n) is 5.99. The third-order valence-corrected chi connectivity index (χ3v) is 2.75. The smallest absolute Gasteiger partial charge is 0.371 e. The third kappa shape index (κ3) is 3.24. The molecule has 0 bridgehead atoms. The molecule has 0 aliphatic heterocycles. The lowest BCUT2D eigenvalue weighted by atomic mass is 10.1. The van der Waals surface area contributed by atoms with Gasteiger partial charge < -0.3 is 20.6 Å². The molecule has 0 radical (unpaired) electrons. The van der Waals surface area contributed by atoms with Crippen molar-refractivity contribution in [3.05, 3.63) is 59.0 Å². The number of carboxylic acid groups (broad SMARTS) is 1. The zero-order chi connectivity index (χ0) is 14.5. The summed E-state index contributed by atoms with van der Waals surface area (Å²) < 4.78 is 5.04. The fraction of sp³-hybridized carbons (Fsp3) is 0.143. The van der Waals surface area contributed by atoms with Crippen LogP contribution in [0.2, 0.25) is 0 Å². The average Bonchev–Trinajstić information content (AvgIpc) is 2.94. The number of hydrogen-bond acceptors (Lipinski definition) is 4. The van der Waals surface area contributed by atoms with Crippen molar-refractivity contribution >= 4 is 11.9 Å². The van der Waals surface area contributed by atoms with E-state index in [2.05, 4.69) is 5.32 Å². The van der Waals surface area contributed by atoms with E-state index in [0.717, 1.165) is 5.56 Å². The highest BCUT2D eigenvalue weighted by molar-refractivity contribution is 5.94. The number of aromatic carboxylic acids is 1. The molecule has 6 nitrogen and oxygen atoms in total. The van der Waals surface area contributed by atoms with E-state index in [4.69, 9.17) is 15.3 Å². The van der Waals surface area contributed by atoms with Crippen molar-refractivity contribution in [3.63, 3.8) is 0 Å². The van der Waals surface area contributed by atoms with Crippen molar-refractivity contribution in [2.24, 2.45) is 5.73 Å². The molecule has 0 saturated carbocycles. The van der Waals surface area contributed by atoms with Gasteiger partial charge >= 0.3 is 5.97 Å². The summed E-state index contributed by atoms with van der Waals surface area (Å²) in [6, 6.07) is 9.79. The fourth-order valence-electron chi connectivity index (χ4n) is 1.65. The molecule has 2 aromatic rings. The summed E-state index contributed by atoms with van der Waals surface area (Å²) >= 11 is 0. The van der Waals surface area contributed by atoms with Crippen LogP contribution >= 0.6 is 0 Å². The minimum absolute atomic E-state index is 0.130. The maximum atomic E-state index is 11.9. The van der Waals surface area contributed by atoms with E-state index in [-0.39, 0.29) is 18.2 Å². The predicted octanol–water partition coefficient (Wildman–Crippen LogP) is 1.37. The molecule has 0 fully saturated rings. The van der Waals surface area contributed by atoms with Gasteiger partial charge in [-0.25, -0.2) is 4.79 Å². The molecule has 20 heavy (non-hydrogen) atoms. The molecular formula is C14H14N2O4. The first-order chi connectivity index (χ1) is 9.60. The molecule has 6 heteroatoms. The summed E-state index contributed by atoms with van der Waals surface area (Å²) in [5.74, 6) is -1.17. The van der Waals surface area contributed by atoms with Gasteiger partial charge in [0, 0.05) is 12.1 Å². The summed E-state index contributed by atoms with van der Waals surface area (Å²) in [5, 5.41) is 11.4. The molecule has 0 atom stereocenters. The maximum Gasteiger partial charge on any atom is 0.371 e. The molecule has 0 unspecified atom stereocenters. The van der Waals surface area contributed by atoms with Crippen molar-refractivity contribution in [2.45, 2.75) is 13.1 Å². The molecular weight excluding hydrogens is 260 g/mol. The Morgan fingerprint density at radius 3 is 2.40 bits per heavy atom. The van der Waals surface area contributed by atoms with Gasteiger partial charge in [0.05, 0.1) is 6.54 Å². The summed E-state index contributed by atoms with van der Waals surface area (Å²) in [4.78, 5) is 22.5. The van der Waals surface area contributed by atoms with Crippen LogP contribution in [-0.4, -0.2) is 17.0 Å². The van der Waals surface area contributed by atoms with Crippen LogP contribution in [0.4, 0.5) is 0 Å². The quantitative estimate of drug-likeness (QED) is 0.763. The molecule has 0 aliphatic rings. The lowest BCUT2D eigenvalue weighted by Crippen LogP contribution is -2.22. The van der Waals surface area contributed by atoms with Gasteiger partial charge in [0.2, 0.25) is 5.76 Å². The molecule has 1 heterocycles. The van der Waals surface area contributed by atoms with Crippen molar-refractivity contribution in [1.82, 2.24) is 5.32 Å². The van der Waals surface area contributed by atoms with Gasteiger partial charge in [0.15, 0.2) is 0 Å². The largest absolute Gasteiger partial charge is 0.475 e.